The number of ether oxygens (including phenoxy) is 3. The number of hydrogen-bond donors (Lipinski definition) is 1. The van der Waals surface area contributed by atoms with Gasteiger partial charge in [-0.1, -0.05) is 6.07 Å². The van der Waals surface area contributed by atoms with Gasteiger partial charge in [0.25, 0.3) is 0 Å². The fourth-order valence-electron chi connectivity index (χ4n) is 3.87. The first-order chi connectivity index (χ1) is 12.4. The first-order valence-electron chi connectivity index (χ1n) is 9.38. The Hall–Kier alpha value is -2.36. The van der Waals surface area contributed by atoms with Crippen molar-refractivity contribution in [3.05, 3.63) is 47.0 Å². The fraction of sp³-hybridized carbons (Fsp3) is 0.455. The van der Waals surface area contributed by atoms with Gasteiger partial charge < -0.3 is 19.3 Å². The van der Waals surface area contributed by atoms with E-state index >= 15 is 0 Å². The van der Waals surface area contributed by atoms with E-state index in [0.29, 0.717) is 19.0 Å². The van der Waals surface area contributed by atoms with E-state index < -0.39 is 0 Å². The molecule has 0 aliphatic carbocycles. The van der Waals surface area contributed by atoms with E-state index in [0.717, 1.165) is 36.3 Å². The van der Waals surface area contributed by atoms with Crippen LogP contribution in [0.3, 0.4) is 0 Å². The predicted molar refractivity (Wildman–Crippen MR) is 101 cm³/mol. The van der Waals surface area contributed by atoms with Crippen molar-refractivity contribution in [1.29, 1.82) is 0 Å². The monoisotopic (exact) mass is 354 g/mol. The van der Waals surface area contributed by atoms with Gasteiger partial charge in [-0.05, 0) is 63.3 Å². The average Bonchev–Trinajstić information content (AvgIpc) is 2.59. The van der Waals surface area contributed by atoms with Crippen LogP contribution in [0.2, 0.25) is 0 Å². The van der Waals surface area contributed by atoms with E-state index in [4.69, 9.17) is 14.2 Å². The van der Waals surface area contributed by atoms with Gasteiger partial charge >= 0.3 is 0 Å². The highest BCUT2D eigenvalue weighted by atomic mass is 16.5. The number of hydrogen-bond acceptors (Lipinski definition) is 4. The van der Waals surface area contributed by atoms with Crippen LogP contribution < -0.4 is 14.2 Å². The number of phenolic OH excluding ortho intramolecular Hbond substituents is 1. The molecular weight excluding hydrogens is 328 g/mol. The van der Waals surface area contributed by atoms with Crippen LogP contribution in [0.25, 0.3) is 0 Å². The molecule has 2 aliphatic rings. The van der Waals surface area contributed by atoms with Gasteiger partial charge in [-0.3, -0.25) is 0 Å². The minimum absolute atomic E-state index is 0.119. The summed E-state index contributed by atoms with van der Waals surface area (Å²) in [5.74, 6) is 2.96. The number of fused-ring (bicyclic) bond motifs is 2. The lowest BCUT2D eigenvalue weighted by Crippen LogP contribution is -2.33. The molecule has 0 saturated carbocycles. The van der Waals surface area contributed by atoms with E-state index in [1.165, 1.54) is 11.1 Å². The third-order valence-electron chi connectivity index (χ3n) is 5.29. The molecule has 0 bridgehead atoms. The normalized spacial score (nSPS) is 20.3. The lowest BCUT2D eigenvalue weighted by atomic mass is 9.87. The quantitative estimate of drug-likeness (QED) is 0.874. The molecule has 26 heavy (non-hydrogen) atoms. The number of phenols is 1. The molecule has 0 aromatic heterocycles. The molecule has 138 valence electrons. The SMILES string of the molecule is CCOc1ccc(C2COc3cc4c(cc3C2)CCC(C)(C)O4)c(O)c1. The molecule has 4 nitrogen and oxygen atoms in total. The Balaban J connectivity index is 1.59. The van der Waals surface area contributed by atoms with Crippen LogP contribution in [-0.4, -0.2) is 23.9 Å². The smallest absolute Gasteiger partial charge is 0.127 e. The Morgan fingerprint density at radius 2 is 2.00 bits per heavy atom. The van der Waals surface area contributed by atoms with Crippen molar-refractivity contribution in [3.63, 3.8) is 0 Å². The summed E-state index contributed by atoms with van der Waals surface area (Å²) in [6, 6.07) is 9.81. The summed E-state index contributed by atoms with van der Waals surface area (Å²) in [6.07, 6.45) is 2.89. The predicted octanol–water partition coefficient (Wildman–Crippen LogP) is 4.61. The number of rotatable bonds is 3. The summed E-state index contributed by atoms with van der Waals surface area (Å²) < 4.78 is 17.6. The lowest BCUT2D eigenvalue weighted by molar-refractivity contribution is 0.0838. The molecule has 1 unspecified atom stereocenters. The van der Waals surface area contributed by atoms with Crippen LogP contribution >= 0.6 is 0 Å². The Morgan fingerprint density at radius 1 is 1.15 bits per heavy atom. The van der Waals surface area contributed by atoms with E-state index in [-0.39, 0.29) is 17.3 Å². The van der Waals surface area contributed by atoms with Crippen LogP contribution in [-0.2, 0) is 12.8 Å². The van der Waals surface area contributed by atoms with E-state index in [2.05, 4.69) is 19.9 Å². The van der Waals surface area contributed by atoms with Crippen LogP contribution in [0.15, 0.2) is 30.3 Å². The minimum Gasteiger partial charge on any atom is -0.508 e. The molecule has 0 spiro atoms. The molecule has 4 rings (SSSR count). The van der Waals surface area contributed by atoms with Gasteiger partial charge in [0.2, 0.25) is 0 Å². The largest absolute Gasteiger partial charge is 0.508 e. The first kappa shape index (κ1) is 17.1. The second-order valence-electron chi connectivity index (χ2n) is 7.80. The maximum atomic E-state index is 10.4. The Kier molecular flexibility index (Phi) is 4.22. The van der Waals surface area contributed by atoms with Crippen molar-refractivity contribution in [1.82, 2.24) is 0 Å². The van der Waals surface area contributed by atoms with Crippen LogP contribution in [0.5, 0.6) is 23.0 Å². The molecule has 2 aromatic carbocycles. The van der Waals surface area contributed by atoms with Gasteiger partial charge in [-0.2, -0.15) is 0 Å². The van der Waals surface area contributed by atoms with Crippen molar-refractivity contribution in [2.75, 3.05) is 13.2 Å². The van der Waals surface area contributed by atoms with Gasteiger partial charge in [0.15, 0.2) is 0 Å². The molecule has 4 heteroatoms. The van der Waals surface area contributed by atoms with Gasteiger partial charge in [0.1, 0.15) is 28.6 Å². The highest BCUT2D eigenvalue weighted by Crippen LogP contribution is 2.42. The second kappa shape index (κ2) is 6.42. The van der Waals surface area contributed by atoms with Crippen molar-refractivity contribution >= 4 is 0 Å². The Labute approximate surface area is 154 Å². The zero-order valence-corrected chi connectivity index (χ0v) is 15.7. The maximum absolute atomic E-state index is 10.4. The van der Waals surface area contributed by atoms with Crippen molar-refractivity contribution in [2.24, 2.45) is 0 Å². The van der Waals surface area contributed by atoms with E-state index in [9.17, 15) is 5.11 Å². The summed E-state index contributed by atoms with van der Waals surface area (Å²) in [5.41, 5.74) is 3.24. The van der Waals surface area contributed by atoms with Crippen molar-refractivity contribution in [2.45, 2.75) is 51.6 Å². The minimum atomic E-state index is -0.119. The first-order valence-corrected chi connectivity index (χ1v) is 9.38. The summed E-state index contributed by atoms with van der Waals surface area (Å²) in [4.78, 5) is 0. The Bertz CT molecular complexity index is 825. The van der Waals surface area contributed by atoms with Crippen LogP contribution in [0, 0.1) is 0 Å². The molecule has 2 aliphatic heterocycles. The molecule has 1 atom stereocenters. The highest BCUT2D eigenvalue weighted by molar-refractivity contribution is 5.51. The summed E-state index contributed by atoms with van der Waals surface area (Å²) in [7, 11) is 0. The van der Waals surface area contributed by atoms with Gasteiger partial charge in [0, 0.05) is 23.6 Å². The molecule has 0 radical (unpaired) electrons. The van der Waals surface area contributed by atoms with Crippen LogP contribution in [0.4, 0.5) is 0 Å². The molecule has 2 heterocycles. The highest BCUT2D eigenvalue weighted by Gasteiger charge is 2.30. The maximum Gasteiger partial charge on any atom is 0.127 e. The zero-order valence-electron chi connectivity index (χ0n) is 15.7. The molecule has 2 aromatic rings. The zero-order chi connectivity index (χ0) is 18.3. The van der Waals surface area contributed by atoms with Crippen molar-refractivity contribution < 1.29 is 19.3 Å². The average molecular weight is 354 g/mol. The number of aryl methyl sites for hydroxylation is 1. The summed E-state index contributed by atoms with van der Waals surface area (Å²) >= 11 is 0. The third-order valence-corrected chi connectivity index (χ3v) is 5.29. The van der Waals surface area contributed by atoms with E-state index in [1.807, 2.05) is 25.1 Å². The van der Waals surface area contributed by atoms with Crippen LogP contribution in [0.1, 0.15) is 49.8 Å². The summed E-state index contributed by atoms with van der Waals surface area (Å²) in [6.45, 7) is 7.32. The van der Waals surface area contributed by atoms with Gasteiger partial charge in [-0.25, -0.2) is 0 Å². The topological polar surface area (TPSA) is 47.9 Å². The van der Waals surface area contributed by atoms with Gasteiger partial charge in [0.05, 0.1) is 13.2 Å². The molecule has 0 saturated heterocycles. The van der Waals surface area contributed by atoms with Crippen molar-refractivity contribution in [3.8, 4) is 23.0 Å². The fourth-order valence-corrected chi connectivity index (χ4v) is 3.87. The van der Waals surface area contributed by atoms with E-state index in [1.54, 1.807) is 6.07 Å². The molecule has 0 fully saturated rings. The Morgan fingerprint density at radius 3 is 2.77 bits per heavy atom. The van der Waals surface area contributed by atoms with Gasteiger partial charge in [-0.15, -0.1) is 0 Å². The molecule has 1 N–H and O–H groups in total. The summed E-state index contributed by atoms with van der Waals surface area (Å²) in [5, 5.41) is 10.4. The molecular formula is C22H26O4. The second-order valence-corrected chi connectivity index (χ2v) is 7.80. The number of aromatic hydroxyl groups is 1. The standard InChI is InChI=1S/C22H26O4/c1-4-24-17-5-6-18(19(23)11-17)16-10-15-9-14-7-8-22(2,3)26-21(14)12-20(15)25-13-16/h5-6,9,11-12,16,23H,4,7-8,10,13H2,1-3H3. The number of benzene rings is 2. The molecule has 0 amide bonds. The third kappa shape index (κ3) is 3.20. The lowest BCUT2D eigenvalue weighted by Gasteiger charge is -2.34.